The summed E-state index contributed by atoms with van der Waals surface area (Å²) in [7, 11) is 4.04. The molecule has 0 bridgehead atoms. The van der Waals surface area contributed by atoms with E-state index < -0.39 is 0 Å². The van der Waals surface area contributed by atoms with Crippen molar-refractivity contribution < 1.29 is 4.79 Å². The highest BCUT2D eigenvalue weighted by atomic mass is 16.2. The van der Waals surface area contributed by atoms with Gasteiger partial charge in [-0.1, -0.05) is 12.1 Å². The Labute approximate surface area is 121 Å². The zero-order valence-electron chi connectivity index (χ0n) is 12.5. The fourth-order valence-electron chi connectivity index (χ4n) is 2.70. The Hall–Kier alpha value is -1.55. The maximum Gasteiger partial charge on any atom is 0.223 e. The number of carbonyl (C=O) groups is 1. The topological polar surface area (TPSA) is 49.6 Å². The number of nitrogens with two attached hydrogens (primary N) is 1. The number of rotatable bonds is 5. The van der Waals surface area contributed by atoms with Crippen LogP contribution in [0.25, 0.3) is 0 Å². The zero-order valence-corrected chi connectivity index (χ0v) is 12.5. The van der Waals surface area contributed by atoms with Gasteiger partial charge in [0.15, 0.2) is 0 Å². The van der Waals surface area contributed by atoms with Gasteiger partial charge < -0.3 is 15.5 Å². The first-order valence-corrected chi connectivity index (χ1v) is 7.37. The van der Waals surface area contributed by atoms with Gasteiger partial charge in [-0.25, -0.2) is 0 Å². The maximum atomic E-state index is 12.3. The molecule has 2 N–H and O–H groups in total. The van der Waals surface area contributed by atoms with E-state index in [1.807, 2.05) is 25.1 Å². The third-order valence-electron chi connectivity index (χ3n) is 4.02. The summed E-state index contributed by atoms with van der Waals surface area (Å²) < 4.78 is 0. The number of hydrogen-bond donors (Lipinski definition) is 1. The Morgan fingerprint density at radius 1 is 1.35 bits per heavy atom. The molecule has 1 aromatic rings. The molecule has 1 aromatic carbocycles. The molecule has 1 fully saturated rings. The van der Waals surface area contributed by atoms with Crippen molar-refractivity contribution in [2.45, 2.75) is 25.2 Å². The molecule has 20 heavy (non-hydrogen) atoms. The monoisotopic (exact) mass is 275 g/mol. The number of anilines is 1. The summed E-state index contributed by atoms with van der Waals surface area (Å²) in [6.45, 7) is 2.33. The van der Waals surface area contributed by atoms with E-state index in [0.29, 0.717) is 13.0 Å². The van der Waals surface area contributed by atoms with Gasteiger partial charge in [0.2, 0.25) is 5.91 Å². The van der Waals surface area contributed by atoms with E-state index in [-0.39, 0.29) is 11.8 Å². The van der Waals surface area contributed by atoms with Gasteiger partial charge in [-0.2, -0.15) is 0 Å². The molecular formula is C16H25N3O. The van der Waals surface area contributed by atoms with Gasteiger partial charge in [-0.3, -0.25) is 4.79 Å². The summed E-state index contributed by atoms with van der Waals surface area (Å²) in [6.07, 6.45) is 2.79. The number of benzene rings is 1. The molecule has 0 radical (unpaired) electrons. The molecule has 0 saturated carbocycles. The second-order valence-corrected chi connectivity index (χ2v) is 5.71. The molecule has 1 atom stereocenters. The van der Waals surface area contributed by atoms with Crippen LogP contribution in [0.5, 0.6) is 0 Å². The van der Waals surface area contributed by atoms with Crippen molar-refractivity contribution in [1.29, 1.82) is 0 Å². The molecule has 1 unspecified atom stereocenters. The zero-order chi connectivity index (χ0) is 14.5. The number of likely N-dealkylation sites (tertiary alicyclic amines) is 1. The summed E-state index contributed by atoms with van der Waals surface area (Å²) in [5.41, 5.74) is 8.20. The molecule has 1 saturated heterocycles. The van der Waals surface area contributed by atoms with Crippen LogP contribution in [0.1, 0.15) is 30.7 Å². The van der Waals surface area contributed by atoms with E-state index in [0.717, 1.165) is 37.2 Å². The molecule has 1 amide bonds. The molecule has 0 aliphatic carbocycles. The summed E-state index contributed by atoms with van der Waals surface area (Å²) in [6, 6.07) is 8.31. The molecule has 110 valence electrons. The van der Waals surface area contributed by atoms with Crippen molar-refractivity contribution in [3.05, 3.63) is 29.8 Å². The molecule has 2 rings (SSSR count). The highest BCUT2D eigenvalue weighted by molar-refractivity contribution is 5.77. The fourth-order valence-corrected chi connectivity index (χ4v) is 2.70. The minimum absolute atomic E-state index is 0.114. The van der Waals surface area contributed by atoms with Crippen molar-refractivity contribution in [3.8, 4) is 0 Å². The van der Waals surface area contributed by atoms with Crippen LogP contribution in [0, 0.1) is 0 Å². The normalized spacial score (nSPS) is 16.2. The predicted molar refractivity (Wildman–Crippen MR) is 83.0 cm³/mol. The van der Waals surface area contributed by atoms with Crippen molar-refractivity contribution in [1.82, 2.24) is 4.90 Å². The summed E-state index contributed by atoms with van der Waals surface area (Å²) in [4.78, 5) is 16.3. The van der Waals surface area contributed by atoms with Crippen LogP contribution in [0.3, 0.4) is 0 Å². The largest absolute Gasteiger partial charge is 0.378 e. The minimum atomic E-state index is 0.114. The van der Waals surface area contributed by atoms with Gasteiger partial charge in [0.05, 0.1) is 0 Å². The van der Waals surface area contributed by atoms with E-state index in [1.165, 1.54) is 0 Å². The summed E-state index contributed by atoms with van der Waals surface area (Å²) in [5, 5.41) is 0. The van der Waals surface area contributed by atoms with Gasteiger partial charge in [-0.15, -0.1) is 0 Å². The van der Waals surface area contributed by atoms with Crippen molar-refractivity contribution in [2.75, 3.05) is 38.6 Å². The van der Waals surface area contributed by atoms with Crippen LogP contribution in [0.15, 0.2) is 24.3 Å². The number of nitrogens with zero attached hydrogens (tertiary/aromatic N) is 2. The Morgan fingerprint density at radius 3 is 2.65 bits per heavy atom. The van der Waals surface area contributed by atoms with Crippen LogP contribution in [-0.4, -0.2) is 44.5 Å². The highest BCUT2D eigenvalue weighted by Gasteiger charge is 2.22. The van der Waals surface area contributed by atoms with Crippen LogP contribution in [0.2, 0.25) is 0 Å². The lowest BCUT2D eigenvalue weighted by Gasteiger charge is -2.21. The van der Waals surface area contributed by atoms with Crippen LogP contribution < -0.4 is 10.6 Å². The second-order valence-electron chi connectivity index (χ2n) is 5.71. The van der Waals surface area contributed by atoms with Crippen LogP contribution in [0.4, 0.5) is 5.69 Å². The van der Waals surface area contributed by atoms with E-state index >= 15 is 0 Å². The average Bonchev–Trinajstić information content (AvgIpc) is 2.99. The third-order valence-corrected chi connectivity index (χ3v) is 4.02. The van der Waals surface area contributed by atoms with E-state index in [9.17, 15) is 4.79 Å². The van der Waals surface area contributed by atoms with Gasteiger partial charge in [0, 0.05) is 45.2 Å². The van der Waals surface area contributed by atoms with Gasteiger partial charge in [-0.05, 0) is 37.1 Å². The lowest BCUT2D eigenvalue weighted by atomic mass is 9.94. The number of amides is 1. The first-order valence-electron chi connectivity index (χ1n) is 7.37. The third kappa shape index (κ3) is 3.51. The van der Waals surface area contributed by atoms with Crippen LogP contribution >= 0.6 is 0 Å². The predicted octanol–water partition coefficient (Wildman–Crippen LogP) is 1.81. The average molecular weight is 275 g/mol. The van der Waals surface area contributed by atoms with E-state index in [1.54, 1.807) is 0 Å². The molecule has 1 aliphatic rings. The minimum Gasteiger partial charge on any atom is -0.378 e. The first kappa shape index (κ1) is 14.9. The number of hydrogen-bond acceptors (Lipinski definition) is 3. The summed E-state index contributed by atoms with van der Waals surface area (Å²) in [5.74, 6) is 0.358. The van der Waals surface area contributed by atoms with E-state index in [2.05, 4.69) is 23.1 Å². The van der Waals surface area contributed by atoms with Crippen LogP contribution in [-0.2, 0) is 4.79 Å². The smallest absolute Gasteiger partial charge is 0.223 e. The molecule has 0 aromatic heterocycles. The Balaban J connectivity index is 2.07. The first-order chi connectivity index (χ1) is 9.61. The molecule has 1 heterocycles. The van der Waals surface area contributed by atoms with Crippen molar-refractivity contribution >= 4 is 11.6 Å². The van der Waals surface area contributed by atoms with Gasteiger partial charge >= 0.3 is 0 Å². The molecular weight excluding hydrogens is 250 g/mol. The number of carbonyl (C=O) groups excluding carboxylic acids is 1. The Bertz CT molecular complexity index is 453. The standard InChI is InChI=1S/C16H25N3O/c1-18(2)15-7-5-6-13(10-15)14(12-17)11-16(20)19-8-3-4-9-19/h5-7,10,14H,3-4,8-9,11-12,17H2,1-2H3. The van der Waals surface area contributed by atoms with Crippen molar-refractivity contribution in [3.63, 3.8) is 0 Å². The van der Waals surface area contributed by atoms with Gasteiger partial charge in [0.25, 0.3) is 0 Å². The lowest BCUT2D eigenvalue weighted by Crippen LogP contribution is -2.30. The molecule has 0 spiro atoms. The molecule has 4 nitrogen and oxygen atoms in total. The SMILES string of the molecule is CN(C)c1cccc(C(CN)CC(=O)N2CCCC2)c1. The second kappa shape index (κ2) is 6.75. The molecule has 1 aliphatic heterocycles. The molecule has 4 heteroatoms. The fraction of sp³-hybridized carbons (Fsp3) is 0.562. The lowest BCUT2D eigenvalue weighted by molar-refractivity contribution is -0.130. The Kier molecular flexibility index (Phi) is 5.01. The summed E-state index contributed by atoms with van der Waals surface area (Å²) >= 11 is 0. The van der Waals surface area contributed by atoms with Gasteiger partial charge in [0.1, 0.15) is 0 Å². The van der Waals surface area contributed by atoms with E-state index in [4.69, 9.17) is 5.73 Å². The highest BCUT2D eigenvalue weighted by Crippen LogP contribution is 2.24. The Morgan fingerprint density at radius 2 is 2.05 bits per heavy atom. The quantitative estimate of drug-likeness (QED) is 0.891. The van der Waals surface area contributed by atoms with Crippen molar-refractivity contribution in [2.24, 2.45) is 5.73 Å². The maximum absolute atomic E-state index is 12.3.